The molecule has 3 unspecified atom stereocenters. The van der Waals surface area contributed by atoms with Gasteiger partial charge in [0.25, 0.3) is 0 Å². The maximum Gasteiger partial charge on any atom is 0.0941 e. The van der Waals surface area contributed by atoms with Gasteiger partial charge in [0.1, 0.15) is 0 Å². The second kappa shape index (κ2) is 4.10. The summed E-state index contributed by atoms with van der Waals surface area (Å²) in [6.07, 6.45) is 7.86. The van der Waals surface area contributed by atoms with Crippen LogP contribution >= 0.6 is 11.3 Å². The molecule has 4 aliphatic rings. The first-order valence-corrected chi connectivity index (χ1v) is 8.96. The van der Waals surface area contributed by atoms with Gasteiger partial charge in [0.15, 0.2) is 0 Å². The van der Waals surface area contributed by atoms with E-state index in [1.807, 2.05) is 11.3 Å². The van der Waals surface area contributed by atoms with E-state index in [0.29, 0.717) is 5.41 Å². The fourth-order valence-corrected chi connectivity index (χ4v) is 7.49. The van der Waals surface area contributed by atoms with E-state index in [2.05, 4.69) is 26.8 Å². The van der Waals surface area contributed by atoms with Crippen molar-refractivity contribution in [2.45, 2.75) is 65.4 Å². The number of rotatable bonds is 2. The Morgan fingerprint density at radius 2 is 1.85 bits per heavy atom. The number of hydrogen-bond donors (Lipinski definition) is 1. The van der Waals surface area contributed by atoms with Crippen LogP contribution in [0.3, 0.4) is 0 Å². The molecule has 3 atom stereocenters. The second-order valence-corrected chi connectivity index (χ2v) is 9.73. The lowest BCUT2D eigenvalue weighted by Gasteiger charge is -2.62. The van der Waals surface area contributed by atoms with Gasteiger partial charge in [-0.3, -0.25) is 0 Å². The van der Waals surface area contributed by atoms with Crippen LogP contribution in [0, 0.1) is 36.5 Å². The highest BCUT2D eigenvalue weighted by molar-refractivity contribution is 7.12. The molecule has 4 aliphatic carbocycles. The average molecular weight is 290 g/mol. The molecule has 4 fully saturated rings. The topological polar surface area (TPSA) is 20.2 Å². The van der Waals surface area contributed by atoms with Gasteiger partial charge in [-0.2, -0.15) is 0 Å². The standard InChI is InChI=1S/C18H26OS/c1-11-4-12(2)20-15(11)16(19)18-8-13-5-14(9-18)7-17(3,6-13)10-18/h4,13-14,16,19H,5-10H2,1-3H3. The summed E-state index contributed by atoms with van der Waals surface area (Å²) in [5, 5.41) is 11.2. The molecule has 0 radical (unpaired) electrons. The Balaban J connectivity index is 1.72. The minimum atomic E-state index is -0.216. The van der Waals surface area contributed by atoms with Gasteiger partial charge in [0.2, 0.25) is 0 Å². The Morgan fingerprint density at radius 3 is 2.35 bits per heavy atom. The molecule has 1 aromatic heterocycles. The van der Waals surface area contributed by atoms with E-state index in [1.54, 1.807) is 0 Å². The molecule has 1 heterocycles. The van der Waals surface area contributed by atoms with Gasteiger partial charge in [0.05, 0.1) is 6.10 Å². The fourth-order valence-electron chi connectivity index (χ4n) is 6.33. The molecule has 110 valence electrons. The summed E-state index contributed by atoms with van der Waals surface area (Å²) in [4.78, 5) is 2.60. The van der Waals surface area contributed by atoms with Crippen molar-refractivity contribution in [2.24, 2.45) is 22.7 Å². The van der Waals surface area contributed by atoms with Crippen LogP contribution in [0.5, 0.6) is 0 Å². The molecule has 0 aliphatic heterocycles. The van der Waals surface area contributed by atoms with Gasteiger partial charge >= 0.3 is 0 Å². The molecule has 4 bridgehead atoms. The monoisotopic (exact) mass is 290 g/mol. The SMILES string of the molecule is Cc1cc(C)c(C(O)C23CC4CC(CC(C)(C4)C2)C3)s1. The summed E-state index contributed by atoms with van der Waals surface area (Å²) >= 11 is 1.82. The minimum absolute atomic E-state index is 0.195. The molecule has 0 amide bonds. The fraction of sp³-hybridized carbons (Fsp3) is 0.778. The molecule has 4 saturated carbocycles. The van der Waals surface area contributed by atoms with Crippen molar-refractivity contribution >= 4 is 11.3 Å². The van der Waals surface area contributed by atoms with Gasteiger partial charge in [-0.1, -0.05) is 6.92 Å². The van der Waals surface area contributed by atoms with E-state index < -0.39 is 0 Å². The lowest BCUT2D eigenvalue weighted by atomic mass is 9.43. The normalized spacial score (nSPS) is 44.0. The molecule has 5 rings (SSSR count). The predicted octanol–water partition coefficient (Wildman–Crippen LogP) is 5.00. The molecule has 1 N–H and O–H groups in total. The van der Waals surface area contributed by atoms with Crippen molar-refractivity contribution in [1.82, 2.24) is 0 Å². The molecule has 20 heavy (non-hydrogen) atoms. The summed E-state index contributed by atoms with van der Waals surface area (Å²) in [6, 6.07) is 2.24. The summed E-state index contributed by atoms with van der Waals surface area (Å²) in [7, 11) is 0. The van der Waals surface area contributed by atoms with Crippen molar-refractivity contribution in [2.75, 3.05) is 0 Å². The maximum atomic E-state index is 11.2. The molecular formula is C18H26OS. The van der Waals surface area contributed by atoms with E-state index in [-0.39, 0.29) is 11.5 Å². The van der Waals surface area contributed by atoms with Crippen LogP contribution in [0.1, 0.15) is 66.9 Å². The molecule has 0 aromatic carbocycles. The van der Waals surface area contributed by atoms with Crippen molar-refractivity contribution < 1.29 is 5.11 Å². The van der Waals surface area contributed by atoms with Crippen molar-refractivity contribution in [1.29, 1.82) is 0 Å². The van der Waals surface area contributed by atoms with Gasteiger partial charge in [0, 0.05) is 15.2 Å². The highest BCUT2D eigenvalue weighted by Gasteiger charge is 2.58. The zero-order chi connectivity index (χ0) is 14.1. The highest BCUT2D eigenvalue weighted by Crippen LogP contribution is 2.68. The van der Waals surface area contributed by atoms with Gasteiger partial charge in [-0.25, -0.2) is 0 Å². The van der Waals surface area contributed by atoms with Gasteiger partial charge < -0.3 is 5.11 Å². The third-order valence-corrected chi connectivity index (χ3v) is 7.51. The Labute approximate surface area is 126 Å². The Morgan fingerprint density at radius 1 is 1.20 bits per heavy atom. The second-order valence-electron chi connectivity index (χ2n) is 8.44. The van der Waals surface area contributed by atoms with Crippen LogP contribution in [0.2, 0.25) is 0 Å². The lowest BCUT2D eigenvalue weighted by Crippen LogP contribution is -2.53. The van der Waals surface area contributed by atoms with E-state index in [1.165, 1.54) is 53.8 Å². The van der Waals surface area contributed by atoms with Crippen LogP contribution in [0.15, 0.2) is 6.07 Å². The van der Waals surface area contributed by atoms with Crippen LogP contribution in [0.25, 0.3) is 0 Å². The van der Waals surface area contributed by atoms with Crippen molar-refractivity contribution in [3.05, 3.63) is 21.4 Å². The third kappa shape index (κ3) is 1.84. The van der Waals surface area contributed by atoms with E-state index in [0.717, 1.165) is 11.8 Å². The Bertz CT molecular complexity index is 530. The quantitative estimate of drug-likeness (QED) is 0.812. The smallest absolute Gasteiger partial charge is 0.0941 e. The Hall–Kier alpha value is -0.340. The Kier molecular flexibility index (Phi) is 2.74. The summed E-state index contributed by atoms with van der Waals surface area (Å²) < 4.78 is 0. The largest absolute Gasteiger partial charge is 0.387 e. The molecule has 1 aromatic rings. The zero-order valence-corrected chi connectivity index (χ0v) is 13.7. The number of thiophene rings is 1. The first kappa shape index (κ1) is 13.3. The molecule has 2 heteroatoms. The first-order chi connectivity index (χ1) is 9.39. The van der Waals surface area contributed by atoms with E-state index >= 15 is 0 Å². The predicted molar refractivity (Wildman–Crippen MR) is 84.0 cm³/mol. The first-order valence-electron chi connectivity index (χ1n) is 8.14. The van der Waals surface area contributed by atoms with Crippen LogP contribution < -0.4 is 0 Å². The van der Waals surface area contributed by atoms with E-state index in [4.69, 9.17) is 0 Å². The zero-order valence-electron chi connectivity index (χ0n) is 12.9. The number of aryl methyl sites for hydroxylation is 2. The summed E-state index contributed by atoms with van der Waals surface area (Å²) in [6.45, 7) is 6.82. The van der Waals surface area contributed by atoms with Crippen LogP contribution in [0.4, 0.5) is 0 Å². The van der Waals surface area contributed by atoms with Crippen molar-refractivity contribution in [3.8, 4) is 0 Å². The number of hydrogen-bond acceptors (Lipinski definition) is 2. The van der Waals surface area contributed by atoms with Crippen LogP contribution in [-0.4, -0.2) is 5.11 Å². The van der Waals surface area contributed by atoms with E-state index in [9.17, 15) is 5.11 Å². The molecular weight excluding hydrogens is 264 g/mol. The van der Waals surface area contributed by atoms with Gasteiger partial charge in [-0.05, 0) is 81.3 Å². The molecule has 1 nitrogen and oxygen atoms in total. The lowest BCUT2D eigenvalue weighted by molar-refractivity contribution is -0.154. The highest BCUT2D eigenvalue weighted by atomic mass is 32.1. The van der Waals surface area contributed by atoms with Gasteiger partial charge in [-0.15, -0.1) is 11.3 Å². The minimum Gasteiger partial charge on any atom is -0.387 e. The van der Waals surface area contributed by atoms with Crippen LogP contribution in [-0.2, 0) is 0 Å². The average Bonchev–Trinajstić information content (AvgIpc) is 2.64. The maximum absolute atomic E-state index is 11.2. The summed E-state index contributed by atoms with van der Waals surface area (Å²) in [5.41, 5.74) is 2.02. The summed E-state index contributed by atoms with van der Waals surface area (Å²) in [5.74, 6) is 1.77. The van der Waals surface area contributed by atoms with Crippen molar-refractivity contribution in [3.63, 3.8) is 0 Å². The number of aliphatic hydroxyl groups is 1. The molecule has 0 spiro atoms. The number of aliphatic hydroxyl groups excluding tert-OH is 1. The molecule has 0 saturated heterocycles. The third-order valence-electron chi connectivity index (χ3n) is 6.31.